The number of hydrogen-bond acceptors (Lipinski definition) is 4. The predicted molar refractivity (Wildman–Crippen MR) is 73.2 cm³/mol. The van der Waals surface area contributed by atoms with Gasteiger partial charge in [0.25, 0.3) is 0 Å². The fourth-order valence-electron chi connectivity index (χ4n) is 2.67. The molecule has 2 rings (SSSR count). The van der Waals surface area contributed by atoms with Crippen LogP contribution in [0.2, 0.25) is 0 Å². The maximum atomic E-state index is 11.8. The van der Waals surface area contributed by atoms with Crippen molar-refractivity contribution in [3.05, 3.63) is 11.1 Å². The van der Waals surface area contributed by atoms with Crippen molar-refractivity contribution < 1.29 is 19.1 Å². The topological polar surface area (TPSA) is 52.6 Å². The van der Waals surface area contributed by atoms with Gasteiger partial charge in [0.05, 0.1) is 25.4 Å². The van der Waals surface area contributed by atoms with E-state index in [4.69, 9.17) is 9.47 Å². The van der Waals surface area contributed by atoms with Crippen LogP contribution in [0.25, 0.3) is 0 Å². The smallest absolute Gasteiger partial charge is 0.334 e. The highest BCUT2D eigenvalue weighted by atomic mass is 127. The first-order valence-electron chi connectivity index (χ1n) is 5.21. The number of fused-ring (bicyclic) bond motifs is 2. The van der Waals surface area contributed by atoms with Gasteiger partial charge in [0.2, 0.25) is 0 Å². The molecule has 2 bridgehead atoms. The second-order valence-corrected chi connectivity index (χ2v) is 6.64. The molecule has 4 unspecified atom stereocenters. The van der Waals surface area contributed by atoms with Crippen molar-refractivity contribution in [3.8, 4) is 0 Å². The molecule has 2 aliphatic carbocycles. The number of rotatable bonds is 2. The van der Waals surface area contributed by atoms with Crippen LogP contribution in [0.4, 0.5) is 0 Å². The van der Waals surface area contributed by atoms with Gasteiger partial charge in [-0.1, -0.05) is 38.5 Å². The highest BCUT2D eigenvalue weighted by molar-refractivity contribution is 14.1. The largest absolute Gasteiger partial charge is 0.466 e. The van der Waals surface area contributed by atoms with E-state index in [1.165, 1.54) is 14.2 Å². The molecule has 0 aromatic carbocycles. The van der Waals surface area contributed by atoms with Crippen LogP contribution in [0.3, 0.4) is 0 Å². The van der Waals surface area contributed by atoms with E-state index in [-0.39, 0.29) is 16.7 Å². The number of halogens is 2. The maximum Gasteiger partial charge on any atom is 0.334 e. The van der Waals surface area contributed by atoms with Crippen molar-refractivity contribution in [1.82, 2.24) is 0 Å². The summed E-state index contributed by atoms with van der Waals surface area (Å²) in [5, 5.41) is 0. The Morgan fingerprint density at radius 2 is 1.65 bits per heavy atom. The summed E-state index contributed by atoms with van der Waals surface area (Å²) in [7, 11) is 2.67. The summed E-state index contributed by atoms with van der Waals surface area (Å²) in [5.74, 6) is -0.667. The molecule has 4 atom stereocenters. The third kappa shape index (κ3) is 1.93. The summed E-state index contributed by atoms with van der Waals surface area (Å²) in [6, 6.07) is 0. The Labute approximate surface area is 121 Å². The van der Waals surface area contributed by atoms with Crippen LogP contribution >= 0.6 is 38.5 Å². The lowest BCUT2D eigenvalue weighted by atomic mass is 9.91. The lowest BCUT2D eigenvalue weighted by molar-refractivity contribution is -0.139. The number of carbonyl (C=O) groups is 2. The van der Waals surface area contributed by atoms with Crippen molar-refractivity contribution in [2.75, 3.05) is 14.2 Å². The normalized spacial score (nSPS) is 35.1. The van der Waals surface area contributed by atoms with Crippen LogP contribution in [0.15, 0.2) is 11.1 Å². The number of alkyl halides is 2. The van der Waals surface area contributed by atoms with Crippen LogP contribution in [-0.2, 0) is 19.1 Å². The molecule has 17 heavy (non-hydrogen) atoms. The Kier molecular flexibility index (Phi) is 3.82. The molecular formula is C11H12BrIO4. The molecule has 0 heterocycles. The van der Waals surface area contributed by atoms with E-state index in [1.54, 1.807) is 0 Å². The fraction of sp³-hybridized carbons (Fsp3) is 0.636. The zero-order chi connectivity index (χ0) is 12.7. The Morgan fingerprint density at radius 1 is 1.18 bits per heavy atom. The molecule has 0 spiro atoms. The van der Waals surface area contributed by atoms with Crippen molar-refractivity contribution in [2.45, 2.75) is 15.2 Å². The van der Waals surface area contributed by atoms with Gasteiger partial charge in [0.1, 0.15) is 0 Å². The van der Waals surface area contributed by atoms with Gasteiger partial charge in [0, 0.05) is 20.6 Å². The Bertz CT molecular complexity index is 370. The molecule has 1 fully saturated rings. The average Bonchev–Trinajstić information content (AvgIpc) is 2.85. The van der Waals surface area contributed by atoms with E-state index in [1.807, 2.05) is 0 Å². The molecule has 0 saturated heterocycles. The molecule has 0 amide bonds. The summed E-state index contributed by atoms with van der Waals surface area (Å²) >= 11 is 5.92. The van der Waals surface area contributed by atoms with E-state index < -0.39 is 11.9 Å². The molecule has 94 valence electrons. The monoisotopic (exact) mass is 414 g/mol. The molecule has 0 aromatic rings. The van der Waals surface area contributed by atoms with E-state index in [0.717, 1.165) is 6.42 Å². The minimum Gasteiger partial charge on any atom is -0.466 e. The molecule has 4 nitrogen and oxygen atoms in total. The lowest BCUT2D eigenvalue weighted by Crippen LogP contribution is -2.31. The minimum atomic E-state index is -0.411. The number of ether oxygens (including phenoxy) is 2. The van der Waals surface area contributed by atoms with Gasteiger partial charge in [-0.05, 0) is 6.42 Å². The van der Waals surface area contributed by atoms with Crippen LogP contribution in [0.1, 0.15) is 6.42 Å². The van der Waals surface area contributed by atoms with E-state index in [2.05, 4.69) is 38.5 Å². The first-order valence-corrected chi connectivity index (χ1v) is 7.37. The molecule has 6 heteroatoms. The Hall–Kier alpha value is -0.110. The molecular weight excluding hydrogens is 403 g/mol. The van der Waals surface area contributed by atoms with Gasteiger partial charge < -0.3 is 9.47 Å². The Balaban J connectivity index is 2.47. The zero-order valence-electron chi connectivity index (χ0n) is 9.41. The number of hydrogen-bond donors (Lipinski definition) is 0. The predicted octanol–water partition coefficient (Wildman–Crippen LogP) is 1.85. The molecule has 0 aromatic heterocycles. The summed E-state index contributed by atoms with van der Waals surface area (Å²) < 4.78 is 9.85. The highest BCUT2D eigenvalue weighted by Crippen LogP contribution is 2.54. The van der Waals surface area contributed by atoms with Crippen LogP contribution in [0.5, 0.6) is 0 Å². The van der Waals surface area contributed by atoms with Gasteiger partial charge >= 0.3 is 11.9 Å². The first-order chi connectivity index (χ1) is 8.02. The van der Waals surface area contributed by atoms with Crippen molar-refractivity contribution >= 4 is 50.5 Å². The number of methoxy groups -OCH3 is 2. The lowest BCUT2D eigenvalue weighted by Gasteiger charge is -2.25. The Morgan fingerprint density at radius 3 is 2.12 bits per heavy atom. The highest BCUT2D eigenvalue weighted by Gasteiger charge is 2.54. The van der Waals surface area contributed by atoms with E-state index in [0.29, 0.717) is 15.1 Å². The van der Waals surface area contributed by atoms with Gasteiger partial charge in [-0.3, -0.25) is 0 Å². The second-order valence-electron chi connectivity index (χ2n) is 4.15. The first kappa shape index (κ1) is 13.3. The van der Waals surface area contributed by atoms with Crippen molar-refractivity contribution in [1.29, 1.82) is 0 Å². The second kappa shape index (κ2) is 4.87. The standard InChI is InChI=1S/C11H12BrIO4/c1-16-10(14)6-4-3-5(9(13)8(4)12)7(6)11(15)17-2/h4-5,8-9H,3H2,1-2H3. The number of carbonyl (C=O) groups excluding carboxylic acids is 2. The third-order valence-corrected chi connectivity index (χ3v) is 7.26. The van der Waals surface area contributed by atoms with Gasteiger partial charge in [0.15, 0.2) is 0 Å². The summed E-state index contributed by atoms with van der Waals surface area (Å²) in [5.41, 5.74) is 1.01. The van der Waals surface area contributed by atoms with Crippen molar-refractivity contribution in [3.63, 3.8) is 0 Å². The minimum absolute atomic E-state index is 0.0587. The van der Waals surface area contributed by atoms with Gasteiger partial charge in [-0.2, -0.15) is 0 Å². The van der Waals surface area contributed by atoms with Crippen LogP contribution in [-0.4, -0.2) is 34.9 Å². The van der Waals surface area contributed by atoms with Gasteiger partial charge in [-0.25, -0.2) is 9.59 Å². The fourth-order valence-corrected chi connectivity index (χ4v) is 4.68. The third-order valence-electron chi connectivity index (χ3n) is 3.42. The molecule has 0 aliphatic heterocycles. The zero-order valence-corrected chi connectivity index (χ0v) is 13.1. The molecule has 1 saturated carbocycles. The average molecular weight is 415 g/mol. The van der Waals surface area contributed by atoms with E-state index >= 15 is 0 Å². The maximum absolute atomic E-state index is 11.8. The SMILES string of the molecule is COC(=O)C1=C(C(=O)OC)C2CC1C(Br)C2I. The van der Waals surface area contributed by atoms with Gasteiger partial charge in [-0.15, -0.1) is 0 Å². The summed E-state index contributed by atoms with van der Waals surface area (Å²) in [6.45, 7) is 0. The summed E-state index contributed by atoms with van der Waals surface area (Å²) in [6.07, 6.45) is 0.818. The molecule has 2 aliphatic rings. The van der Waals surface area contributed by atoms with E-state index in [9.17, 15) is 9.59 Å². The number of esters is 2. The summed E-state index contributed by atoms with van der Waals surface area (Å²) in [4.78, 5) is 23.8. The van der Waals surface area contributed by atoms with Crippen LogP contribution < -0.4 is 0 Å². The van der Waals surface area contributed by atoms with Crippen molar-refractivity contribution in [2.24, 2.45) is 11.8 Å². The quantitative estimate of drug-likeness (QED) is 0.393. The molecule has 0 N–H and O–H groups in total. The van der Waals surface area contributed by atoms with Crippen LogP contribution in [0, 0.1) is 11.8 Å². The molecule has 0 radical (unpaired) electrons.